The number of fused-ring (bicyclic) bond motifs is 1. The Labute approximate surface area is 112 Å². The number of ether oxygens (including phenoxy) is 1. The molecule has 1 fully saturated rings. The first-order valence-electron chi connectivity index (χ1n) is 6.83. The lowest BCUT2D eigenvalue weighted by molar-refractivity contribution is 0.0624. The van der Waals surface area contributed by atoms with E-state index >= 15 is 0 Å². The molecule has 1 unspecified atom stereocenters. The largest absolute Gasteiger partial charge is 0.382 e. The molecule has 1 aromatic rings. The fourth-order valence-electron chi connectivity index (χ4n) is 2.50. The summed E-state index contributed by atoms with van der Waals surface area (Å²) >= 11 is 0. The van der Waals surface area contributed by atoms with Crippen LogP contribution in [-0.2, 0) is 4.74 Å². The smallest absolute Gasteiger partial charge is 0.251 e. The maximum atomic E-state index is 12.2. The van der Waals surface area contributed by atoms with Gasteiger partial charge in [0.05, 0.1) is 24.0 Å². The molecule has 0 aliphatic carbocycles. The zero-order valence-corrected chi connectivity index (χ0v) is 10.9. The third kappa shape index (κ3) is 2.81. The van der Waals surface area contributed by atoms with Crippen LogP contribution in [0.1, 0.15) is 23.2 Å². The topological polar surface area (TPSA) is 62.4 Å². The van der Waals surface area contributed by atoms with Gasteiger partial charge in [-0.2, -0.15) is 0 Å². The molecule has 0 bridgehead atoms. The first-order chi connectivity index (χ1) is 9.33. The maximum Gasteiger partial charge on any atom is 0.251 e. The van der Waals surface area contributed by atoms with Gasteiger partial charge < -0.3 is 20.7 Å². The molecule has 19 heavy (non-hydrogen) atoms. The molecule has 0 aromatic heterocycles. The van der Waals surface area contributed by atoms with Gasteiger partial charge in [0.2, 0.25) is 0 Å². The number of rotatable bonds is 2. The monoisotopic (exact) mass is 261 g/mol. The predicted molar refractivity (Wildman–Crippen MR) is 74.7 cm³/mol. The molecule has 1 saturated heterocycles. The second-order valence-electron chi connectivity index (χ2n) is 5.00. The van der Waals surface area contributed by atoms with Gasteiger partial charge in [0, 0.05) is 25.3 Å². The number of benzene rings is 1. The Morgan fingerprint density at radius 3 is 2.89 bits per heavy atom. The van der Waals surface area contributed by atoms with Gasteiger partial charge in [0.1, 0.15) is 0 Å². The standard InChI is InChI=1S/C14H19N3O2/c18-14(17-11-2-1-7-19-9-11)10-3-4-12-13(8-10)16-6-5-15-12/h3-4,8,11,15-16H,1-2,5-7,9H2,(H,17,18). The van der Waals surface area contributed by atoms with Crippen molar-refractivity contribution >= 4 is 17.3 Å². The van der Waals surface area contributed by atoms with Crippen molar-refractivity contribution < 1.29 is 9.53 Å². The summed E-state index contributed by atoms with van der Waals surface area (Å²) in [5.41, 5.74) is 2.75. The first-order valence-corrected chi connectivity index (χ1v) is 6.83. The van der Waals surface area contributed by atoms with Crippen LogP contribution >= 0.6 is 0 Å². The highest BCUT2D eigenvalue weighted by atomic mass is 16.5. The van der Waals surface area contributed by atoms with Gasteiger partial charge in [-0.05, 0) is 31.0 Å². The van der Waals surface area contributed by atoms with Gasteiger partial charge in [0.25, 0.3) is 5.91 Å². The van der Waals surface area contributed by atoms with Crippen LogP contribution in [-0.4, -0.2) is 38.3 Å². The van der Waals surface area contributed by atoms with Crippen molar-refractivity contribution in [3.63, 3.8) is 0 Å². The summed E-state index contributed by atoms with van der Waals surface area (Å²) in [5, 5.41) is 9.62. The van der Waals surface area contributed by atoms with Crippen molar-refractivity contribution in [2.45, 2.75) is 18.9 Å². The van der Waals surface area contributed by atoms with Crippen LogP contribution in [0.2, 0.25) is 0 Å². The minimum atomic E-state index is -0.0225. The van der Waals surface area contributed by atoms with Gasteiger partial charge in [0.15, 0.2) is 0 Å². The second-order valence-corrected chi connectivity index (χ2v) is 5.00. The lowest BCUT2D eigenvalue weighted by Crippen LogP contribution is -2.40. The molecule has 0 radical (unpaired) electrons. The van der Waals surface area contributed by atoms with E-state index in [0.717, 1.165) is 43.9 Å². The van der Waals surface area contributed by atoms with Gasteiger partial charge in [-0.3, -0.25) is 4.79 Å². The van der Waals surface area contributed by atoms with E-state index in [4.69, 9.17) is 4.74 Å². The van der Waals surface area contributed by atoms with Crippen LogP contribution in [0.4, 0.5) is 11.4 Å². The highest BCUT2D eigenvalue weighted by Gasteiger charge is 2.18. The third-order valence-electron chi connectivity index (χ3n) is 3.53. The summed E-state index contributed by atoms with van der Waals surface area (Å²) in [7, 11) is 0. The minimum absolute atomic E-state index is 0.0225. The molecule has 0 saturated carbocycles. The van der Waals surface area contributed by atoms with Crippen molar-refractivity contribution in [1.29, 1.82) is 0 Å². The minimum Gasteiger partial charge on any atom is -0.382 e. The van der Waals surface area contributed by atoms with Gasteiger partial charge in [-0.25, -0.2) is 0 Å². The maximum absolute atomic E-state index is 12.2. The number of anilines is 2. The average Bonchev–Trinajstić information content (AvgIpc) is 2.48. The number of amides is 1. The van der Waals surface area contributed by atoms with Gasteiger partial charge in [-0.1, -0.05) is 0 Å². The molecule has 1 amide bonds. The predicted octanol–water partition coefficient (Wildman–Crippen LogP) is 1.43. The molecule has 2 aliphatic heterocycles. The molecule has 2 aliphatic rings. The molecule has 3 N–H and O–H groups in total. The Kier molecular flexibility index (Phi) is 3.55. The Morgan fingerprint density at radius 1 is 1.26 bits per heavy atom. The number of hydrogen-bond donors (Lipinski definition) is 3. The summed E-state index contributed by atoms with van der Waals surface area (Å²) in [4.78, 5) is 12.2. The number of hydrogen-bond acceptors (Lipinski definition) is 4. The third-order valence-corrected chi connectivity index (χ3v) is 3.53. The average molecular weight is 261 g/mol. The summed E-state index contributed by atoms with van der Waals surface area (Å²) < 4.78 is 5.37. The van der Waals surface area contributed by atoms with E-state index < -0.39 is 0 Å². The summed E-state index contributed by atoms with van der Waals surface area (Å²) in [6, 6.07) is 5.86. The first kappa shape index (κ1) is 12.3. The van der Waals surface area contributed by atoms with Gasteiger partial charge in [-0.15, -0.1) is 0 Å². The number of nitrogens with one attached hydrogen (secondary N) is 3. The summed E-state index contributed by atoms with van der Waals surface area (Å²) in [6.07, 6.45) is 2.01. The summed E-state index contributed by atoms with van der Waals surface area (Å²) in [6.45, 7) is 3.23. The Hall–Kier alpha value is -1.75. The van der Waals surface area contributed by atoms with E-state index in [1.165, 1.54) is 0 Å². The molecule has 5 nitrogen and oxygen atoms in total. The molecule has 0 spiro atoms. The van der Waals surface area contributed by atoms with E-state index in [2.05, 4.69) is 16.0 Å². The van der Waals surface area contributed by atoms with Crippen molar-refractivity contribution in [2.24, 2.45) is 0 Å². The van der Waals surface area contributed by atoms with Crippen LogP contribution < -0.4 is 16.0 Å². The van der Waals surface area contributed by atoms with Crippen molar-refractivity contribution in [1.82, 2.24) is 5.32 Å². The molecule has 3 rings (SSSR count). The van der Waals surface area contributed by atoms with Crippen molar-refractivity contribution in [3.8, 4) is 0 Å². The van der Waals surface area contributed by atoms with Crippen LogP contribution in [0.25, 0.3) is 0 Å². The molecular formula is C14H19N3O2. The summed E-state index contributed by atoms with van der Waals surface area (Å²) in [5.74, 6) is -0.0225. The van der Waals surface area contributed by atoms with E-state index in [1.54, 1.807) is 0 Å². The van der Waals surface area contributed by atoms with E-state index in [0.29, 0.717) is 12.2 Å². The Morgan fingerprint density at radius 2 is 2.11 bits per heavy atom. The fraction of sp³-hybridized carbons (Fsp3) is 0.500. The SMILES string of the molecule is O=C(NC1CCCOC1)c1ccc2c(c1)NCCN2. The van der Waals surface area contributed by atoms with Crippen molar-refractivity contribution in [3.05, 3.63) is 23.8 Å². The van der Waals surface area contributed by atoms with E-state index in [-0.39, 0.29) is 11.9 Å². The molecular weight excluding hydrogens is 242 g/mol. The highest BCUT2D eigenvalue weighted by Crippen LogP contribution is 2.25. The molecule has 102 valence electrons. The molecule has 2 heterocycles. The zero-order chi connectivity index (χ0) is 13.1. The molecule has 5 heteroatoms. The Bertz CT molecular complexity index is 470. The lowest BCUT2D eigenvalue weighted by atomic mass is 10.1. The number of carbonyl (C=O) groups excluding carboxylic acids is 1. The van der Waals surface area contributed by atoms with Crippen LogP contribution in [0.15, 0.2) is 18.2 Å². The van der Waals surface area contributed by atoms with E-state index in [1.807, 2.05) is 18.2 Å². The zero-order valence-electron chi connectivity index (χ0n) is 10.9. The van der Waals surface area contributed by atoms with Crippen LogP contribution in [0.5, 0.6) is 0 Å². The van der Waals surface area contributed by atoms with Crippen LogP contribution in [0.3, 0.4) is 0 Å². The normalized spacial score (nSPS) is 21.8. The Balaban J connectivity index is 1.69. The van der Waals surface area contributed by atoms with E-state index in [9.17, 15) is 4.79 Å². The molecule has 1 atom stereocenters. The molecule has 1 aromatic carbocycles. The quantitative estimate of drug-likeness (QED) is 0.753. The highest BCUT2D eigenvalue weighted by molar-refractivity contribution is 5.96. The number of carbonyl (C=O) groups is 1. The van der Waals surface area contributed by atoms with Crippen molar-refractivity contribution in [2.75, 3.05) is 36.9 Å². The second kappa shape index (κ2) is 5.48. The van der Waals surface area contributed by atoms with Gasteiger partial charge >= 0.3 is 0 Å². The lowest BCUT2D eigenvalue weighted by Gasteiger charge is -2.24. The fourth-order valence-corrected chi connectivity index (χ4v) is 2.50. The van der Waals surface area contributed by atoms with Crippen LogP contribution in [0, 0.1) is 0 Å².